The molecule has 1 aromatic heterocycles. The van der Waals surface area contributed by atoms with Crippen molar-refractivity contribution in [2.24, 2.45) is 0 Å². The fourth-order valence-corrected chi connectivity index (χ4v) is 3.16. The number of benzene rings is 1. The lowest BCUT2D eigenvalue weighted by atomic mass is 10.1. The summed E-state index contributed by atoms with van der Waals surface area (Å²) in [5, 5.41) is 13.3. The van der Waals surface area contributed by atoms with E-state index < -0.39 is 0 Å². The summed E-state index contributed by atoms with van der Waals surface area (Å²) < 4.78 is 7.03. The lowest BCUT2D eigenvalue weighted by Gasteiger charge is -2.22. The second-order valence-electron chi connectivity index (χ2n) is 6.57. The number of methoxy groups -OCH3 is 1. The summed E-state index contributed by atoms with van der Waals surface area (Å²) in [7, 11) is 1.65. The minimum atomic E-state index is 0.111. The molecule has 0 aliphatic heterocycles. The van der Waals surface area contributed by atoms with Crippen molar-refractivity contribution in [3.63, 3.8) is 0 Å². The van der Waals surface area contributed by atoms with Crippen molar-refractivity contribution in [2.75, 3.05) is 20.3 Å². The Morgan fingerprint density at radius 2 is 2.04 bits per heavy atom. The number of aromatic nitrogens is 2. The molecule has 0 spiro atoms. The van der Waals surface area contributed by atoms with E-state index in [1.54, 1.807) is 7.11 Å². The molecule has 1 aromatic carbocycles. The van der Waals surface area contributed by atoms with Crippen LogP contribution in [0.5, 0.6) is 0 Å². The van der Waals surface area contributed by atoms with Crippen LogP contribution in [0.2, 0.25) is 0 Å². The highest BCUT2D eigenvalue weighted by molar-refractivity contribution is 5.76. The van der Waals surface area contributed by atoms with Crippen molar-refractivity contribution in [2.45, 2.75) is 46.2 Å². The summed E-state index contributed by atoms with van der Waals surface area (Å²) in [6.45, 7) is 6.23. The maximum atomic E-state index is 12.8. The first-order valence-electron chi connectivity index (χ1n) is 9.27. The van der Waals surface area contributed by atoms with Crippen molar-refractivity contribution >= 4 is 5.91 Å². The normalized spacial score (nSPS) is 10.6. The summed E-state index contributed by atoms with van der Waals surface area (Å²) in [6.07, 6.45) is 1.52. The first kappa shape index (κ1) is 20.7. The number of carbonyl (C=O) groups is 1. The quantitative estimate of drug-likeness (QED) is 0.646. The monoisotopic (exact) mass is 368 g/mol. The fourth-order valence-electron chi connectivity index (χ4n) is 3.16. The number of carbonyl (C=O) groups excluding carboxylic acids is 1. The number of hydrogen-bond acceptors (Lipinski definition) is 4. The van der Waals surface area contributed by atoms with Crippen LogP contribution in [0.4, 0.5) is 0 Å². The topological polar surface area (TPSA) is 71.2 Å². The molecule has 0 saturated heterocycles. The first-order valence-corrected chi connectivity index (χ1v) is 9.27. The molecular formula is C21H28N4O2. The highest BCUT2D eigenvalue weighted by atomic mass is 16.5. The van der Waals surface area contributed by atoms with E-state index in [-0.39, 0.29) is 5.91 Å². The third kappa shape index (κ3) is 5.93. The molecule has 1 heterocycles. The van der Waals surface area contributed by atoms with Crippen molar-refractivity contribution < 1.29 is 9.53 Å². The number of rotatable bonds is 10. The van der Waals surface area contributed by atoms with Crippen LogP contribution in [0, 0.1) is 25.2 Å². The molecule has 6 nitrogen and oxygen atoms in total. The predicted molar refractivity (Wildman–Crippen MR) is 104 cm³/mol. The van der Waals surface area contributed by atoms with Gasteiger partial charge in [-0.2, -0.15) is 10.4 Å². The molecule has 0 unspecified atom stereocenters. The third-order valence-corrected chi connectivity index (χ3v) is 4.69. The van der Waals surface area contributed by atoms with Gasteiger partial charge in [0, 0.05) is 32.3 Å². The number of aryl methyl sites for hydroxylation is 2. The third-order valence-electron chi connectivity index (χ3n) is 4.69. The van der Waals surface area contributed by atoms with Crippen molar-refractivity contribution in [1.29, 1.82) is 5.26 Å². The van der Waals surface area contributed by atoms with Crippen LogP contribution in [-0.4, -0.2) is 40.8 Å². The molecule has 0 aliphatic rings. The van der Waals surface area contributed by atoms with E-state index in [9.17, 15) is 4.79 Å². The molecule has 0 saturated carbocycles. The van der Waals surface area contributed by atoms with E-state index in [0.717, 1.165) is 22.5 Å². The predicted octanol–water partition coefficient (Wildman–Crippen LogP) is 3.02. The van der Waals surface area contributed by atoms with Gasteiger partial charge in [0.15, 0.2) is 0 Å². The second-order valence-corrected chi connectivity index (χ2v) is 6.57. The Balaban J connectivity index is 2.02. The van der Waals surface area contributed by atoms with Gasteiger partial charge in [-0.05, 0) is 31.4 Å². The van der Waals surface area contributed by atoms with E-state index in [1.165, 1.54) is 0 Å². The van der Waals surface area contributed by atoms with E-state index in [4.69, 9.17) is 10.00 Å². The van der Waals surface area contributed by atoms with Gasteiger partial charge >= 0.3 is 0 Å². The highest BCUT2D eigenvalue weighted by Gasteiger charge is 2.17. The van der Waals surface area contributed by atoms with Gasteiger partial charge < -0.3 is 9.64 Å². The lowest BCUT2D eigenvalue weighted by Crippen LogP contribution is -2.33. The summed E-state index contributed by atoms with van der Waals surface area (Å²) in [6, 6.07) is 12.1. The SMILES string of the molecule is COCCN(Cc1ccccc1)C(=O)CCc1c(C)nn(CCC#N)c1C. The minimum absolute atomic E-state index is 0.111. The molecule has 1 amide bonds. The largest absolute Gasteiger partial charge is 0.383 e. The van der Waals surface area contributed by atoms with Crippen LogP contribution in [0.3, 0.4) is 0 Å². The Bertz CT molecular complexity index is 777. The Hall–Kier alpha value is -2.65. The maximum Gasteiger partial charge on any atom is 0.223 e. The van der Waals surface area contributed by atoms with Crippen LogP contribution in [0.15, 0.2) is 30.3 Å². The van der Waals surface area contributed by atoms with Gasteiger partial charge in [-0.3, -0.25) is 9.48 Å². The molecule has 0 atom stereocenters. The first-order chi connectivity index (χ1) is 13.1. The van der Waals surface area contributed by atoms with Gasteiger partial charge in [0.1, 0.15) is 0 Å². The van der Waals surface area contributed by atoms with Gasteiger partial charge in [0.2, 0.25) is 5.91 Å². The Morgan fingerprint density at radius 3 is 2.70 bits per heavy atom. The van der Waals surface area contributed by atoms with Crippen LogP contribution in [0.25, 0.3) is 0 Å². The van der Waals surface area contributed by atoms with Crippen LogP contribution in [-0.2, 0) is 29.0 Å². The van der Waals surface area contributed by atoms with Gasteiger partial charge in [-0.15, -0.1) is 0 Å². The molecule has 6 heteroatoms. The van der Waals surface area contributed by atoms with E-state index in [1.807, 2.05) is 53.8 Å². The van der Waals surface area contributed by atoms with Crippen molar-refractivity contribution in [1.82, 2.24) is 14.7 Å². The summed E-state index contributed by atoms with van der Waals surface area (Å²) >= 11 is 0. The van der Waals surface area contributed by atoms with Crippen LogP contribution < -0.4 is 0 Å². The highest BCUT2D eigenvalue weighted by Crippen LogP contribution is 2.17. The zero-order valence-corrected chi connectivity index (χ0v) is 16.4. The Morgan fingerprint density at radius 1 is 1.30 bits per heavy atom. The molecule has 0 fully saturated rings. The smallest absolute Gasteiger partial charge is 0.223 e. The molecule has 2 rings (SSSR count). The summed E-state index contributed by atoms with van der Waals surface area (Å²) in [5.74, 6) is 0.111. The molecule has 0 bridgehead atoms. The van der Waals surface area contributed by atoms with E-state index in [0.29, 0.717) is 45.5 Å². The summed E-state index contributed by atoms with van der Waals surface area (Å²) in [5.41, 5.74) is 4.19. The lowest BCUT2D eigenvalue weighted by molar-refractivity contribution is -0.132. The zero-order valence-electron chi connectivity index (χ0n) is 16.4. The molecule has 0 radical (unpaired) electrons. The molecule has 2 aromatic rings. The average Bonchev–Trinajstić information content (AvgIpc) is 2.95. The van der Waals surface area contributed by atoms with Crippen molar-refractivity contribution in [3.05, 3.63) is 52.8 Å². The van der Waals surface area contributed by atoms with Gasteiger partial charge in [-0.25, -0.2) is 0 Å². The van der Waals surface area contributed by atoms with Crippen molar-refractivity contribution in [3.8, 4) is 6.07 Å². The molecule has 27 heavy (non-hydrogen) atoms. The zero-order chi connectivity index (χ0) is 19.6. The van der Waals surface area contributed by atoms with Crippen LogP contribution >= 0.6 is 0 Å². The molecular weight excluding hydrogens is 340 g/mol. The standard InChI is InChI=1S/C21H28N4O2/c1-17-20(18(2)25(23-17)13-7-12-22)10-11-21(26)24(14-15-27-3)16-19-8-5-4-6-9-19/h4-6,8-9H,7,10-11,13-16H2,1-3H3. The van der Waals surface area contributed by atoms with Gasteiger partial charge in [0.05, 0.1) is 31.3 Å². The summed E-state index contributed by atoms with van der Waals surface area (Å²) in [4.78, 5) is 14.7. The number of amides is 1. The van der Waals surface area contributed by atoms with E-state index >= 15 is 0 Å². The fraction of sp³-hybridized carbons (Fsp3) is 0.476. The molecule has 144 valence electrons. The number of hydrogen-bond donors (Lipinski definition) is 0. The van der Waals surface area contributed by atoms with Crippen LogP contribution in [0.1, 0.15) is 35.4 Å². The van der Waals surface area contributed by atoms with Gasteiger partial charge in [0.25, 0.3) is 0 Å². The average molecular weight is 368 g/mol. The molecule has 0 N–H and O–H groups in total. The van der Waals surface area contributed by atoms with Gasteiger partial charge in [-0.1, -0.05) is 30.3 Å². The number of nitriles is 1. The Kier molecular flexibility index (Phi) is 8.02. The minimum Gasteiger partial charge on any atom is -0.383 e. The Labute approximate surface area is 161 Å². The second kappa shape index (κ2) is 10.5. The number of nitrogens with zero attached hydrogens (tertiary/aromatic N) is 4. The maximum absolute atomic E-state index is 12.8. The number of ether oxygens (including phenoxy) is 1. The van der Waals surface area contributed by atoms with E-state index in [2.05, 4.69) is 11.2 Å². The molecule has 0 aliphatic carbocycles.